The molecule has 1 amide bonds. The highest BCUT2D eigenvalue weighted by Gasteiger charge is 2.16. The Morgan fingerprint density at radius 1 is 1.06 bits per heavy atom. The number of furan rings is 1. The SMILES string of the molecule is CCN1CCN(c2ccc(NC(=O)c3ccc(COc4cccc(Br)c4)o3)cc2)CC1. The van der Waals surface area contributed by atoms with Crippen LogP contribution in [0.5, 0.6) is 5.75 Å². The summed E-state index contributed by atoms with van der Waals surface area (Å²) in [5.41, 5.74) is 1.92. The number of carbonyl (C=O) groups excluding carboxylic acids is 1. The number of nitrogens with zero attached hydrogens (tertiary/aromatic N) is 2. The van der Waals surface area contributed by atoms with Crippen molar-refractivity contribution >= 4 is 33.2 Å². The van der Waals surface area contributed by atoms with Gasteiger partial charge in [0, 0.05) is 42.0 Å². The third-order valence-electron chi connectivity index (χ3n) is 5.37. The normalized spacial score (nSPS) is 14.5. The standard InChI is InChI=1S/C24H26BrN3O3/c1-2-27-12-14-28(15-13-27)20-8-6-19(7-9-20)26-24(29)23-11-10-22(31-23)17-30-21-5-3-4-18(25)16-21/h3-11,16H,2,12-15,17H2,1H3,(H,26,29). The van der Waals surface area contributed by atoms with Gasteiger partial charge < -0.3 is 24.3 Å². The number of piperazine rings is 1. The van der Waals surface area contributed by atoms with Crippen LogP contribution in [0.4, 0.5) is 11.4 Å². The molecule has 1 N–H and O–H groups in total. The lowest BCUT2D eigenvalue weighted by atomic mass is 10.2. The fourth-order valence-corrected chi connectivity index (χ4v) is 3.94. The lowest BCUT2D eigenvalue weighted by molar-refractivity contribution is 0.0992. The molecule has 0 aliphatic carbocycles. The van der Waals surface area contributed by atoms with Crippen molar-refractivity contribution in [1.29, 1.82) is 0 Å². The number of hydrogen-bond acceptors (Lipinski definition) is 5. The van der Waals surface area contributed by atoms with Crippen LogP contribution in [0, 0.1) is 0 Å². The van der Waals surface area contributed by atoms with E-state index in [0.29, 0.717) is 5.76 Å². The minimum Gasteiger partial charge on any atom is -0.486 e. The van der Waals surface area contributed by atoms with Crippen LogP contribution in [-0.2, 0) is 6.61 Å². The minimum atomic E-state index is -0.280. The van der Waals surface area contributed by atoms with Crippen LogP contribution in [0.15, 0.2) is 69.6 Å². The van der Waals surface area contributed by atoms with Crippen molar-refractivity contribution in [3.05, 3.63) is 76.7 Å². The van der Waals surface area contributed by atoms with Crippen molar-refractivity contribution < 1.29 is 13.9 Å². The quantitative estimate of drug-likeness (QED) is 0.511. The van der Waals surface area contributed by atoms with Gasteiger partial charge in [0.1, 0.15) is 18.1 Å². The molecular weight excluding hydrogens is 458 g/mol. The Balaban J connectivity index is 1.30. The highest BCUT2D eigenvalue weighted by Crippen LogP contribution is 2.22. The maximum atomic E-state index is 12.5. The summed E-state index contributed by atoms with van der Waals surface area (Å²) in [6.45, 7) is 7.77. The van der Waals surface area contributed by atoms with Crippen LogP contribution >= 0.6 is 15.9 Å². The van der Waals surface area contributed by atoms with E-state index < -0.39 is 0 Å². The Bertz CT molecular complexity index is 1010. The van der Waals surface area contributed by atoms with E-state index >= 15 is 0 Å². The zero-order valence-corrected chi connectivity index (χ0v) is 19.1. The van der Waals surface area contributed by atoms with Crippen molar-refractivity contribution in [2.45, 2.75) is 13.5 Å². The number of benzene rings is 2. The molecule has 1 aliphatic heterocycles. The van der Waals surface area contributed by atoms with Gasteiger partial charge in [-0.2, -0.15) is 0 Å². The van der Waals surface area contributed by atoms with E-state index in [1.54, 1.807) is 12.1 Å². The summed E-state index contributed by atoms with van der Waals surface area (Å²) >= 11 is 3.41. The Hall–Kier alpha value is -2.77. The Kier molecular flexibility index (Phi) is 6.94. The van der Waals surface area contributed by atoms with Crippen LogP contribution in [0.1, 0.15) is 23.2 Å². The highest BCUT2D eigenvalue weighted by atomic mass is 79.9. The maximum absolute atomic E-state index is 12.5. The van der Waals surface area contributed by atoms with Gasteiger partial charge in [-0.25, -0.2) is 0 Å². The first-order valence-electron chi connectivity index (χ1n) is 10.5. The predicted molar refractivity (Wildman–Crippen MR) is 126 cm³/mol. The number of ether oxygens (including phenoxy) is 1. The van der Waals surface area contributed by atoms with Crippen LogP contribution < -0.4 is 15.0 Å². The van der Waals surface area contributed by atoms with Gasteiger partial charge in [-0.1, -0.05) is 28.9 Å². The van der Waals surface area contributed by atoms with E-state index in [1.165, 1.54) is 5.69 Å². The molecule has 0 radical (unpaired) electrons. The van der Waals surface area contributed by atoms with E-state index in [2.05, 4.69) is 50.1 Å². The molecule has 2 aromatic carbocycles. The van der Waals surface area contributed by atoms with Crippen molar-refractivity contribution in [3.8, 4) is 5.75 Å². The fourth-order valence-electron chi connectivity index (χ4n) is 3.56. The molecule has 6 nitrogen and oxygen atoms in total. The van der Waals surface area contributed by atoms with Gasteiger partial charge in [-0.3, -0.25) is 4.79 Å². The third kappa shape index (κ3) is 5.68. The maximum Gasteiger partial charge on any atom is 0.291 e. The van der Waals surface area contributed by atoms with Gasteiger partial charge in [0.15, 0.2) is 5.76 Å². The Morgan fingerprint density at radius 3 is 2.55 bits per heavy atom. The zero-order chi connectivity index (χ0) is 21.6. The molecular formula is C24H26BrN3O3. The number of nitrogens with one attached hydrogen (secondary N) is 1. The van der Waals surface area contributed by atoms with Crippen molar-refractivity contribution in [2.75, 3.05) is 42.9 Å². The average Bonchev–Trinajstić information content (AvgIpc) is 3.28. The molecule has 0 bridgehead atoms. The molecule has 7 heteroatoms. The van der Waals surface area contributed by atoms with Crippen LogP contribution in [0.3, 0.4) is 0 Å². The molecule has 31 heavy (non-hydrogen) atoms. The highest BCUT2D eigenvalue weighted by molar-refractivity contribution is 9.10. The van der Waals surface area contributed by atoms with Gasteiger partial charge in [0.25, 0.3) is 5.91 Å². The summed E-state index contributed by atoms with van der Waals surface area (Å²) < 4.78 is 12.3. The number of halogens is 1. The van der Waals surface area contributed by atoms with Crippen molar-refractivity contribution in [3.63, 3.8) is 0 Å². The molecule has 1 aliphatic rings. The van der Waals surface area contributed by atoms with Crippen LogP contribution in [0.2, 0.25) is 0 Å². The molecule has 2 heterocycles. The van der Waals surface area contributed by atoms with E-state index in [1.807, 2.05) is 36.4 Å². The summed E-state index contributed by atoms with van der Waals surface area (Å²) in [6.07, 6.45) is 0. The molecule has 1 saturated heterocycles. The Labute approximate surface area is 190 Å². The van der Waals surface area contributed by atoms with E-state index in [-0.39, 0.29) is 18.3 Å². The molecule has 3 aromatic rings. The van der Waals surface area contributed by atoms with Crippen LogP contribution in [-0.4, -0.2) is 43.5 Å². The van der Waals surface area contributed by atoms with Crippen LogP contribution in [0.25, 0.3) is 0 Å². The smallest absolute Gasteiger partial charge is 0.291 e. The van der Waals surface area contributed by atoms with Crippen molar-refractivity contribution in [2.24, 2.45) is 0 Å². The van der Waals surface area contributed by atoms with E-state index in [4.69, 9.17) is 9.15 Å². The lowest BCUT2D eigenvalue weighted by Crippen LogP contribution is -2.46. The molecule has 0 unspecified atom stereocenters. The Morgan fingerprint density at radius 2 is 1.84 bits per heavy atom. The summed E-state index contributed by atoms with van der Waals surface area (Å²) in [6, 6.07) is 19.0. The van der Waals surface area contributed by atoms with Gasteiger partial charge in [0.05, 0.1) is 0 Å². The molecule has 0 spiro atoms. The van der Waals surface area contributed by atoms with E-state index in [9.17, 15) is 4.79 Å². The second-order valence-corrected chi connectivity index (χ2v) is 8.35. The fraction of sp³-hybridized carbons (Fsp3) is 0.292. The number of hydrogen-bond donors (Lipinski definition) is 1. The van der Waals surface area contributed by atoms with Gasteiger partial charge in [0.2, 0.25) is 0 Å². The number of likely N-dealkylation sites (N-methyl/N-ethyl adjacent to an activating group) is 1. The van der Waals surface area contributed by atoms with Gasteiger partial charge in [-0.05, 0) is 61.1 Å². The number of carbonyl (C=O) groups is 1. The molecule has 0 atom stereocenters. The molecule has 4 rings (SSSR count). The summed E-state index contributed by atoms with van der Waals surface area (Å²) in [5, 5.41) is 2.89. The topological polar surface area (TPSA) is 58.0 Å². The first kappa shape index (κ1) is 21.5. The summed E-state index contributed by atoms with van der Waals surface area (Å²) in [5.74, 6) is 1.30. The molecule has 1 aromatic heterocycles. The lowest BCUT2D eigenvalue weighted by Gasteiger charge is -2.35. The van der Waals surface area contributed by atoms with Gasteiger partial charge >= 0.3 is 0 Å². The molecule has 1 fully saturated rings. The number of rotatable bonds is 7. The zero-order valence-electron chi connectivity index (χ0n) is 17.5. The average molecular weight is 484 g/mol. The largest absolute Gasteiger partial charge is 0.486 e. The number of amides is 1. The minimum absolute atomic E-state index is 0.254. The molecule has 0 saturated carbocycles. The third-order valence-corrected chi connectivity index (χ3v) is 5.87. The van der Waals surface area contributed by atoms with Gasteiger partial charge in [-0.15, -0.1) is 0 Å². The summed E-state index contributed by atoms with van der Waals surface area (Å²) in [7, 11) is 0. The number of anilines is 2. The van der Waals surface area contributed by atoms with Crippen molar-refractivity contribution in [1.82, 2.24) is 4.90 Å². The molecule has 162 valence electrons. The summed E-state index contributed by atoms with van der Waals surface area (Å²) in [4.78, 5) is 17.4. The first-order valence-corrected chi connectivity index (χ1v) is 11.3. The monoisotopic (exact) mass is 483 g/mol. The second kappa shape index (κ2) is 10.0. The first-order chi connectivity index (χ1) is 15.1. The second-order valence-electron chi connectivity index (χ2n) is 7.43. The van der Waals surface area contributed by atoms with E-state index in [0.717, 1.165) is 48.6 Å². The predicted octanol–water partition coefficient (Wildman–Crippen LogP) is 5.02.